The molecule has 0 bridgehead atoms. The van der Waals surface area contributed by atoms with Gasteiger partial charge >= 0.3 is 141 Å². The summed E-state index contributed by atoms with van der Waals surface area (Å²) in [6.45, 7) is 6.50. The van der Waals surface area contributed by atoms with Crippen molar-refractivity contribution in [3.8, 4) is 0 Å². The summed E-state index contributed by atoms with van der Waals surface area (Å²) in [5.41, 5.74) is 0. The molecule has 0 saturated heterocycles. The van der Waals surface area contributed by atoms with Crippen LogP contribution in [-0.4, -0.2) is 23.4 Å². The van der Waals surface area contributed by atoms with Gasteiger partial charge in [-0.3, -0.25) is 0 Å². The summed E-state index contributed by atoms with van der Waals surface area (Å²) in [4.78, 5) is 3.80. The van der Waals surface area contributed by atoms with Gasteiger partial charge in [-0.1, -0.05) is 0 Å². The quantitative estimate of drug-likeness (QED) is 0.393. The van der Waals surface area contributed by atoms with Crippen LogP contribution >= 0.6 is 11.3 Å². The van der Waals surface area contributed by atoms with E-state index in [1.54, 1.807) is 0 Å². The molecule has 128 valence electrons. The minimum absolute atomic E-state index is 0.506. The third-order valence-electron chi connectivity index (χ3n) is 4.27. The van der Waals surface area contributed by atoms with Crippen LogP contribution in [0.15, 0.2) is 6.20 Å². The van der Waals surface area contributed by atoms with Crippen molar-refractivity contribution in [2.75, 3.05) is 0 Å². The molecule has 0 fully saturated rings. The average molecular weight is 442 g/mol. The van der Waals surface area contributed by atoms with E-state index in [0.717, 1.165) is 72.4 Å². The Bertz CT molecular complexity index is 409. The van der Waals surface area contributed by atoms with E-state index in [9.17, 15) is 13.2 Å². The molecule has 0 atom stereocenters. The fourth-order valence-corrected chi connectivity index (χ4v) is 22.3. The molecule has 0 saturated carbocycles. The van der Waals surface area contributed by atoms with E-state index in [0.29, 0.717) is 0 Å². The first-order valence-electron chi connectivity index (χ1n) is 8.43. The van der Waals surface area contributed by atoms with Crippen molar-refractivity contribution >= 4 is 32.7 Å². The Balaban J connectivity index is 3.10. The van der Waals surface area contributed by atoms with E-state index in [2.05, 4.69) is 25.8 Å². The number of thiazole rings is 1. The van der Waals surface area contributed by atoms with Crippen LogP contribution in [0.5, 0.6) is 0 Å². The average Bonchev–Trinajstić information content (AvgIpc) is 2.97. The number of unbranched alkanes of at least 4 members (excludes halogenated alkanes) is 3. The molecule has 22 heavy (non-hydrogen) atoms. The maximum atomic E-state index is 12.9. The van der Waals surface area contributed by atoms with Gasteiger partial charge < -0.3 is 0 Å². The van der Waals surface area contributed by atoms with Crippen molar-refractivity contribution in [3.05, 3.63) is 11.1 Å². The Kier molecular flexibility index (Phi) is 8.75. The molecule has 1 rings (SSSR count). The second kappa shape index (κ2) is 9.50. The normalized spacial score (nSPS) is 12.8. The first-order chi connectivity index (χ1) is 10.4. The third-order valence-corrected chi connectivity index (χ3v) is 23.1. The van der Waals surface area contributed by atoms with E-state index in [1.165, 1.54) is 0 Å². The Hall–Kier alpha value is 0.219. The second-order valence-corrected chi connectivity index (χ2v) is 21.1. The van der Waals surface area contributed by atoms with Gasteiger partial charge in [0.2, 0.25) is 0 Å². The van der Waals surface area contributed by atoms with Gasteiger partial charge in [0, 0.05) is 0 Å². The maximum absolute atomic E-state index is 12.9. The van der Waals surface area contributed by atoms with E-state index >= 15 is 0 Å². The number of hydrogen-bond donors (Lipinski definition) is 0. The molecular weight excluding hydrogens is 414 g/mol. The molecule has 1 aromatic rings. The number of hydrogen-bond acceptors (Lipinski definition) is 2. The predicted molar refractivity (Wildman–Crippen MR) is 91.6 cm³/mol. The van der Waals surface area contributed by atoms with Gasteiger partial charge in [-0.25, -0.2) is 0 Å². The fourth-order valence-electron chi connectivity index (χ4n) is 2.89. The van der Waals surface area contributed by atoms with E-state index in [-0.39, 0.29) is 0 Å². The standard InChI is InChI=1S/C4HF3NS.3C4H9.Sn/c5-4(6,7)3-1-8-2-9-3;3*1-3-4-2;/h1H;3*1,3-4H2,2H3;. The summed E-state index contributed by atoms with van der Waals surface area (Å²) in [5, 5.41) is 0. The molecule has 0 unspecified atom stereocenters. The zero-order chi connectivity index (χ0) is 16.6. The van der Waals surface area contributed by atoms with Crippen LogP contribution in [0, 0.1) is 0 Å². The summed E-state index contributed by atoms with van der Waals surface area (Å²) in [6, 6.07) is 0. The molecule has 1 aromatic heterocycles. The van der Waals surface area contributed by atoms with Crippen LogP contribution in [0.3, 0.4) is 0 Å². The summed E-state index contributed by atoms with van der Waals surface area (Å²) in [5.74, 6) is 0. The summed E-state index contributed by atoms with van der Waals surface area (Å²) in [7, 11) is 0. The minimum atomic E-state index is -4.24. The zero-order valence-electron chi connectivity index (χ0n) is 13.9. The van der Waals surface area contributed by atoms with Crippen molar-refractivity contribution in [2.24, 2.45) is 0 Å². The predicted octanol–water partition coefficient (Wildman–Crippen LogP) is 6.22. The van der Waals surface area contributed by atoms with Crippen LogP contribution in [0.4, 0.5) is 13.2 Å². The number of alkyl halides is 3. The molecule has 0 aliphatic rings. The molecule has 0 aliphatic carbocycles. The van der Waals surface area contributed by atoms with E-state index in [1.807, 2.05) is 0 Å². The summed E-state index contributed by atoms with van der Waals surface area (Å²) < 4.78 is 43.2. The fraction of sp³-hybridized carbons (Fsp3) is 0.812. The third kappa shape index (κ3) is 5.69. The SMILES string of the molecule is CCC[CH2][Sn]([CH2]CCC)([CH2]CCC)[c]1ncc(C(F)(F)F)s1. The first kappa shape index (κ1) is 20.3. The Labute approximate surface area is 140 Å². The van der Waals surface area contributed by atoms with Crippen LogP contribution in [0.1, 0.15) is 64.2 Å². The van der Waals surface area contributed by atoms with Crippen molar-refractivity contribution in [1.82, 2.24) is 4.98 Å². The number of rotatable bonds is 10. The van der Waals surface area contributed by atoms with Gasteiger partial charge in [0.15, 0.2) is 0 Å². The zero-order valence-corrected chi connectivity index (χ0v) is 17.6. The molecule has 0 spiro atoms. The molecule has 6 heteroatoms. The van der Waals surface area contributed by atoms with Gasteiger partial charge in [-0.05, 0) is 0 Å². The summed E-state index contributed by atoms with van der Waals surface area (Å²) >= 11 is -1.81. The van der Waals surface area contributed by atoms with Crippen molar-refractivity contribution in [3.63, 3.8) is 0 Å². The van der Waals surface area contributed by atoms with Gasteiger partial charge in [-0.2, -0.15) is 0 Å². The van der Waals surface area contributed by atoms with Crippen LogP contribution in [0.2, 0.25) is 13.3 Å². The Morgan fingerprint density at radius 1 is 0.955 bits per heavy atom. The van der Waals surface area contributed by atoms with Crippen molar-refractivity contribution in [2.45, 2.75) is 78.8 Å². The van der Waals surface area contributed by atoms with Crippen LogP contribution in [0.25, 0.3) is 0 Å². The Morgan fingerprint density at radius 2 is 1.41 bits per heavy atom. The van der Waals surface area contributed by atoms with Gasteiger partial charge in [0.1, 0.15) is 0 Å². The number of aromatic nitrogens is 1. The topological polar surface area (TPSA) is 12.9 Å². The molecule has 1 nitrogen and oxygen atoms in total. The second-order valence-electron chi connectivity index (χ2n) is 6.12. The molecule has 0 radical (unpaired) electrons. The van der Waals surface area contributed by atoms with Crippen LogP contribution in [-0.2, 0) is 6.18 Å². The molecule has 0 amide bonds. The summed E-state index contributed by atoms with van der Waals surface area (Å²) in [6.07, 6.45) is 3.62. The number of halogens is 3. The van der Waals surface area contributed by atoms with E-state index in [4.69, 9.17) is 0 Å². The molecule has 0 N–H and O–H groups in total. The Morgan fingerprint density at radius 3 is 1.73 bits per heavy atom. The van der Waals surface area contributed by atoms with Gasteiger partial charge in [0.05, 0.1) is 0 Å². The monoisotopic (exact) mass is 443 g/mol. The van der Waals surface area contributed by atoms with Gasteiger partial charge in [-0.15, -0.1) is 0 Å². The van der Waals surface area contributed by atoms with E-state index < -0.39 is 29.4 Å². The van der Waals surface area contributed by atoms with Crippen LogP contribution < -0.4 is 3.02 Å². The van der Waals surface area contributed by atoms with Crippen molar-refractivity contribution < 1.29 is 13.2 Å². The molecule has 1 heterocycles. The van der Waals surface area contributed by atoms with Gasteiger partial charge in [0.25, 0.3) is 0 Å². The molecular formula is C16H28F3NSSn. The first-order valence-corrected chi connectivity index (χ1v) is 16.7. The molecule has 0 aliphatic heterocycles. The van der Waals surface area contributed by atoms with Crippen molar-refractivity contribution in [1.29, 1.82) is 0 Å². The molecule has 0 aromatic carbocycles. The number of nitrogens with zero attached hydrogens (tertiary/aromatic N) is 1.